The first kappa shape index (κ1) is 15.7. The highest BCUT2D eigenvalue weighted by Crippen LogP contribution is 2.23. The number of nitrogens with zero attached hydrogens (tertiary/aromatic N) is 1. The standard InChI is InChI=1S/C14H15NO4S2/c1-2-15(20(16,17)13-9-5-3-6-10-13)21(18,19)14-11-7-4-8-12-14/h3-12H,2H2,1H3. The van der Waals surface area contributed by atoms with E-state index in [4.69, 9.17) is 0 Å². The van der Waals surface area contributed by atoms with E-state index in [1.807, 2.05) is 0 Å². The molecule has 0 aliphatic carbocycles. The quantitative estimate of drug-likeness (QED) is 0.844. The maximum Gasteiger partial charge on any atom is 0.256 e. The molecule has 0 radical (unpaired) electrons. The van der Waals surface area contributed by atoms with Crippen LogP contribution in [-0.2, 0) is 20.0 Å². The van der Waals surface area contributed by atoms with Gasteiger partial charge in [0, 0.05) is 6.54 Å². The maximum absolute atomic E-state index is 12.5. The maximum atomic E-state index is 12.5. The molecule has 21 heavy (non-hydrogen) atoms. The Bertz CT molecular complexity index is 731. The number of sulfonamides is 2. The van der Waals surface area contributed by atoms with Crippen molar-refractivity contribution in [1.29, 1.82) is 0 Å². The van der Waals surface area contributed by atoms with Crippen LogP contribution in [0.2, 0.25) is 0 Å². The highest BCUT2D eigenvalue weighted by atomic mass is 32.3. The molecule has 0 saturated heterocycles. The molecule has 0 fully saturated rings. The van der Waals surface area contributed by atoms with Crippen LogP contribution in [-0.4, -0.2) is 27.1 Å². The molecule has 0 amide bonds. The fraction of sp³-hybridized carbons (Fsp3) is 0.143. The highest BCUT2D eigenvalue weighted by molar-refractivity contribution is 8.04. The largest absolute Gasteiger partial charge is 0.256 e. The molecule has 2 rings (SSSR count). The minimum atomic E-state index is -4.11. The molecule has 5 nitrogen and oxygen atoms in total. The lowest BCUT2D eigenvalue weighted by Gasteiger charge is -2.20. The van der Waals surface area contributed by atoms with Crippen LogP contribution in [0.5, 0.6) is 0 Å². The van der Waals surface area contributed by atoms with Gasteiger partial charge in [0.05, 0.1) is 9.79 Å². The minimum absolute atomic E-state index is 0.0497. The summed E-state index contributed by atoms with van der Waals surface area (Å²) in [7, 11) is -8.22. The van der Waals surface area contributed by atoms with Crippen molar-refractivity contribution in [2.75, 3.05) is 6.54 Å². The lowest BCUT2D eigenvalue weighted by molar-refractivity contribution is 0.506. The SMILES string of the molecule is CCN(S(=O)(=O)c1ccccc1)S(=O)(=O)c1ccccc1. The van der Waals surface area contributed by atoms with E-state index in [-0.39, 0.29) is 16.3 Å². The molecule has 7 heteroatoms. The van der Waals surface area contributed by atoms with Crippen molar-refractivity contribution in [3.8, 4) is 0 Å². The Kier molecular flexibility index (Phi) is 4.46. The normalized spacial score (nSPS) is 12.5. The molecular weight excluding hydrogens is 310 g/mol. The van der Waals surface area contributed by atoms with Gasteiger partial charge < -0.3 is 0 Å². The Labute approximate surface area is 124 Å². The van der Waals surface area contributed by atoms with Gasteiger partial charge >= 0.3 is 0 Å². The van der Waals surface area contributed by atoms with E-state index in [1.54, 1.807) is 36.4 Å². The van der Waals surface area contributed by atoms with Crippen LogP contribution in [0.3, 0.4) is 0 Å². The van der Waals surface area contributed by atoms with E-state index in [0.717, 1.165) is 0 Å². The number of hydrogen-bond donors (Lipinski definition) is 0. The van der Waals surface area contributed by atoms with E-state index in [0.29, 0.717) is 3.71 Å². The first-order chi connectivity index (χ1) is 9.90. The van der Waals surface area contributed by atoms with Crippen LogP contribution in [0.15, 0.2) is 70.5 Å². The zero-order valence-electron chi connectivity index (χ0n) is 11.4. The van der Waals surface area contributed by atoms with Crippen molar-refractivity contribution in [2.24, 2.45) is 0 Å². The Morgan fingerprint density at radius 1 is 0.714 bits per heavy atom. The van der Waals surface area contributed by atoms with Gasteiger partial charge in [-0.1, -0.05) is 47.0 Å². The minimum Gasteiger partial charge on any atom is -0.206 e. The molecule has 0 spiro atoms. The summed E-state index contributed by atoms with van der Waals surface area (Å²) >= 11 is 0. The van der Waals surface area contributed by atoms with E-state index in [1.165, 1.54) is 31.2 Å². The van der Waals surface area contributed by atoms with Crippen LogP contribution in [0.1, 0.15) is 6.92 Å². The van der Waals surface area contributed by atoms with Crippen molar-refractivity contribution < 1.29 is 16.8 Å². The van der Waals surface area contributed by atoms with Gasteiger partial charge in [0.2, 0.25) is 0 Å². The third-order valence-electron chi connectivity index (χ3n) is 2.88. The molecule has 0 bridgehead atoms. The average molecular weight is 325 g/mol. The Hall–Kier alpha value is -1.70. The second kappa shape index (κ2) is 5.97. The molecular formula is C14H15NO4S2. The molecule has 0 N–H and O–H groups in total. The fourth-order valence-corrected chi connectivity index (χ4v) is 5.59. The summed E-state index contributed by atoms with van der Waals surface area (Å²) in [6, 6.07) is 15.0. The Balaban J connectivity index is 2.55. The summed E-state index contributed by atoms with van der Waals surface area (Å²) in [5, 5.41) is 0. The summed E-state index contributed by atoms with van der Waals surface area (Å²) in [5.74, 6) is 0. The number of rotatable bonds is 5. The van der Waals surface area contributed by atoms with Crippen molar-refractivity contribution in [3.05, 3.63) is 60.7 Å². The number of hydrogen-bond acceptors (Lipinski definition) is 4. The van der Waals surface area contributed by atoms with Crippen LogP contribution in [0, 0.1) is 0 Å². The molecule has 0 aromatic heterocycles. The van der Waals surface area contributed by atoms with Gasteiger partial charge in [-0.3, -0.25) is 0 Å². The van der Waals surface area contributed by atoms with E-state index in [2.05, 4.69) is 0 Å². The zero-order chi connectivity index (χ0) is 15.5. The molecule has 0 unspecified atom stereocenters. The van der Waals surface area contributed by atoms with Crippen LogP contribution in [0.4, 0.5) is 0 Å². The van der Waals surface area contributed by atoms with Gasteiger partial charge in [-0.15, -0.1) is 0 Å². The smallest absolute Gasteiger partial charge is 0.206 e. The van der Waals surface area contributed by atoms with Crippen LogP contribution in [0.25, 0.3) is 0 Å². The lowest BCUT2D eigenvalue weighted by atomic mass is 10.4. The first-order valence-corrected chi connectivity index (χ1v) is 9.16. The molecule has 112 valence electrons. The van der Waals surface area contributed by atoms with Crippen LogP contribution >= 0.6 is 0 Å². The predicted octanol–water partition coefficient (Wildman–Crippen LogP) is 2.09. The predicted molar refractivity (Wildman–Crippen MR) is 79.6 cm³/mol. The van der Waals surface area contributed by atoms with Gasteiger partial charge in [-0.25, -0.2) is 16.8 Å². The summed E-state index contributed by atoms with van der Waals surface area (Å²) in [6.45, 7) is 1.31. The van der Waals surface area contributed by atoms with Crippen LogP contribution < -0.4 is 0 Å². The Morgan fingerprint density at radius 2 is 1.05 bits per heavy atom. The van der Waals surface area contributed by atoms with Crippen molar-refractivity contribution in [3.63, 3.8) is 0 Å². The summed E-state index contributed by atoms with van der Waals surface area (Å²) in [4.78, 5) is -0.0993. The van der Waals surface area contributed by atoms with Gasteiger partial charge in [0.1, 0.15) is 0 Å². The van der Waals surface area contributed by atoms with Gasteiger partial charge in [-0.05, 0) is 24.3 Å². The van der Waals surface area contributed by atoms with Gasteiger partial charge in [0.25, 0.3) is 20.0 Å². The fourth-order valence-electron chi connectivity index (χ4n) is 1.89. The first-order valence-electron chi connectivity index (χ1n) is 6.28. The second-order valence-electron chi connectivity index (χ2n) is 4.23. The molecule has 2 aromatic rings. The van der Waals surface area contributed by atoms with E-state index < -0.39 is 20.0 Å². The summed E-state index contributed by atoms with van der Waals surface area (Å²) in [5.41, 5.74) is 0. The molecule has 0 aliphatic rings. The third kappa shape index (κ3) is 2.99. The van der Waals surface area contributed by atoms with E-state index >= 15 is 0 Å². The lowest BCUT2D eigenvalue weighted by Crippen LogP contribution is -2.36. The summed E-state index contributed by atoms with van der Waals surface area (Å²) < 4.78 is 50.6. The monoisotopic (exact) mass is 325 g/mol. The second-order valence-corrected chi connectivity index (χ2v) is 8.18. The molecule has 2 aromatic carbocycles. The van der Waals surface area contributed by atoms with Crippen molar-refractivity contribution in [1.82, 2.24) is 3.71 Å². The topological polar surface area (TPSA) is 71.5 Å². The average Bonchev–Trinajstić information content (AvgIpc) is 2.49. The zero-order valence-corrected chi connectivity index (χ0v) is 13.0. The highest BCUT2D eigenvalue weighted by Gasteiger charge is 2.34. The molecule has 0 atom stereocenters. The van der Waals surface area contributed by atoms with Gasteiger partial charge in [0.15, 0.2) is 0 Å². The summed E-state index contributed by atoms with van der Waals surface area (Å²) in [6.07, 6.45) is 0. The molecule has 0 aliphatic heterocycles. The van der Waals surface area contributed by atoms with Gasteiger partial charge in [-0.2, -0.15) is 0 Å². The Morgan fingerprint density at radius 3 is 1.33 bits per heavy atom. The third-order valence-corrected chi connectivity index (χ3v) is 7.38. The number of benzene rings is 2. The van der Waals surface area contributed by atoms with E-state index in [9.17, 15) is 16.8 Å². The molecule has 0 saturated carbocycles. The van der Waals surface area contributed by atoms with Crippen molar-refractivity contribution >= 4 is 20.0 Å². The molecule has 0 heterocycles. The van der Waals surface area contributed by atoms with Crippen molar-refractivity contribution in [2.45, 2.75) is 16.7 Å².